The molecule has 30 heavy (non-hydrogen) atoms. The van der Waals surface area contributed by atoms with Gasteiger partial charge in [0.25, 0.3) is 5.79 Å². The van der Waals surface area contributed by atoms with Crippen molar-refractivity contribution in [1.29, 1.82) is 0 Å². The molecule has 0 radical (unpaired) electrons. The van der Waals surface area contributed by atoms with E-state index in [4.69, 9.17) is 19.9 Å². The molecular formula is C23H35ClN2O4. The summed E-state index contributed by atoms with van der Waals surface area (Å²) in [6.45, 7) is 8.64. The summed E-state index contributed by atoms with van der Waals surface area (Å²) in [5, 5.41) is 2.93. The fourth-order valence-corrected chi connectivity index (χ4v) is 4.81. The van der Waals surface area contributed by atoms with Gasteiger partial charge in [0, 0.05) is 38.3 Å². The fourth-order valence-electron chi connectivity index (χ4n) is 4.81. The van der Waals surface area contributed by atoms with E-state index >= 15 is 0 Å². The molecule has 7 heteroatoms. The molecular weight excluding hydrogens is 404 g/mol. The Balaban J connectivity index is 0.00000256. The van der Waals surface area contributed by atoms with Gasteiger partial charge in [-0.2, -0.15) is 0 Å². The second-order valence-electron chi connectivity index (χ2n) is 9.88. The largest absolute Gasteiger partial charge is 0.448 e. The number of hydrogen-bond acceptors (Lipinski definition) is 5. The summed E-state index contributed by atoms with van der Waals surface area (Å²) in [5.74, 6) is 1.06. The number of nitrogens with one attached hydrogen (secondary N) is 1. The quantitative estimate of drug-likeness (QED) is 0.749. The summed E-state index contributed by atoms with van der Waals surface area (Å²) >= 11 is 0. The maximum Gasteiger partial charge on any atom is 0.251 e. The molecule has 0 aromatic heterocycles. The van der Waals surface area contributed by atoms with Crippen LogP contribution in [0.15, 0.2) is 12.1 Å². The molecule has 6 nitrogen and oxygen atoms in total. The van der Waals surface area contributed by atoms with Gasteiger partial charge in [-0.1, -0.05) is 33.3 Å². The monoisotopic (exact) mass is 438 g/mol. The van der Waals surface area contributed by atoms with Gasteiger partial charge >= 0.3 is 0 Å². The van der Waals surface area contributed by atoms with Crippen LogP contribution < -0.4 is 20.5 Å². The summed E-state index contributed by atoms with van der Waals surface area (Å²) in [6.07, 6.45) is 6.01. The van der Waals surface area contributed by atoms with Crippen LogP contribution in [0.4, 0.5) is 0 Å². The molecule has 3 N–H and O–H groups in total. The maximum atomic E-state index is 11.7. The summed E-state index contributed by atoms with van der Waals surface area (Å²) < 4.78 is 19.5. The van der Waals surface area contributed by atoms with Crippen LogP contribution >= 0.6 is 12.4 Å². The minimum absolute atomic E-state index is 0. The molecule has 3 aliphatic rings. The number of fused-ring (bicyclic) bond motifs is 3. The average molecular weight is 439 g/mol. The number of halogens is 1. The molecule has 2 heterocycles. The lowest BCUT2D eigenvalue weighted by atomic mass is 9.77. The van der Waals surface area contributed by atoms with Gasteiger partial charge < -0.3 is 25.3 Å². The number of ether oxygens (including phenoxy) is 3. The van der Waals surface area contributed by atoms with Crippen molar-refractivity contribution in [2.24, 2.45) is 11.1 Å². The number of carbonyl (C=O) groups is 1. The van der Waals surface area contributed by atoms with Crippen LogP contribution in [-0.2, 0) is 21.6 Å². The Labute approximate surface area is 185 Å². The van der Waals surface area contributed by atoms with Crippen molar-refractivity contribution in [2.45, 2.75) is 83.7 Å². The minimum atomic E-state index is -0.780. The molecule has 2 aliphatic heterocycles. The Kier molecular flexibility index (Phi) is 6.34. The molecule has 1 amide bonds. The van der Waals surface area contributed by atoms with Crippen molar-refractivity contribution in [3.63, 3.8) is 0 Å². The minimum Gasteiger partial charge on any atom is -0.448 e. The Morgan fingerprint density at radius 2 is 1.90 bits per heavy atom. The Bertz CT molecular complexity index is 801. The van der Waals surface area contributed by atoms with Gasteiger partial charge in [0.05, 0.1) is 12.6 Å². The fraction of sp³-hybridized carbons (Fsp3) is 0.696. The molecule has 1 fully saturated rings. The standard InChI is InChI=1S/C23H34N2O4.ClH/c1-15(26)25-14-22(13-24)17-8-9-18-20(16(17)12-19(28-22)21(2,3)4)29-23(27-18)10-6-5-7-11-23;/h8-9,19H,5-7,10-14,24H2,1-4H3,(H,25,26);1H. The lowest BCUT2D eigenvalue weighted by Crippen LogP contribution is -2.54. The molecule has 168 valence electrons. The Morgan fingerprint density at radius 1 is 1.20 bits per heavy atom. The van der Waals surface area contributed by atoms with E-state index in [0.717, 1.165) is 54.7 Å². The van der Waals surface area contributed by atoms with Crippen LogP contribution in [0.25, 0.3) is 0 Å². The number of benzene rings is 1. The first-order valence-electron chi connectivity index (χ1n) is 10.8. The van der Waals surface area contributed by atoms with Gasteiger partial charge in [0.15, 0.2) is 11.5 Å². The second kappa shape index (κ2) is 8.21. The number of hydrogen-bond donors (Lipinski definition) is 2. The smallest absolute Gasteiger partial charge is 0.251 e. The maximum absolute atomic E-state index is 11.7. The van der Waals surface area contributed by atoms with Gasteiger partial charge in [-0.15, -0.1) is 12.4 Å². The van der Waals surface area contributed by atoms with E-state index in [1.54, 1.807) is 0 Å². The molecule has 2 unspecified atom stereocenters. The molecule has 1 aromatic rings. The van der Waals surface area contributed by atoms with Crippen molar-refractivity contribution in [1.82, 2.24) is 5.32 Å². The average Bonchev–Trinajstić information content (AvgIpc) is 3.03. The molecule has 0 saturated heterocycles. The predicted molar refractivity (Wildman–Crippen MR) is 118 cm³/mol. The van der Waals surface area contributed by atoms with E-state index in [0.29, 0.717) is 6.54 Å². The van der Waals surface area contributed by atoms with Crippen molar-refractivity contribution in [2.75, 3.05) is 13.1 Å². The van der Waals surface area contributed by atoms with Gasteiger partial charge in [-0.05, 0) is 29.9 Å². The highest BCUT2D eigenvalue weighted by Gasteiger charge is 2.49. The van der Waals surface area contributed by atoms with Crippen LogP contribution in [-0.4, -0.2) is 30.9 Å². The van der Waals surface area contributed by atoms with E-state index in [1.165, 1.54) is 13.3 Å². The zero-order valence-corrected chi connectivity index (χ0v) is 19.3. The molecule has 1 saturated carbocycles. The third-order valence-electron chi connectivity index (χ3n) is 6.59. The molecule has 1 aliphatic carbocycles. The van der Waals surface area contributed by atoms with Crippen LogP contribution in [0.3, 0.4) is 0 Å². The highest BCUT2D eigenvalue weighted by atomic mass is 35.5. The van der Waals surface area contributed by atoms with Crippen LogP contribution in [0, 0.1) is 5.41 Å². The number of amides is 1. The Morgan fingerprint density at radius 3 is 2.50 bits per heavy atom. The first-order valence-corrected chi connectivity index (χ1v) is 10.8. The van der Waals surface area contributed by atoms with E-state index in [2.05, 4.69) is 26.1 Å². The number of rotatable bonds is 3. The lowest BCUT2D eigenvalue weighted by Gasteiger charge is -2.46. The number of nitrogens with two attached hydrogens (primary N) is 1. The van der Waals surface area contributed by atoms with Crippen LogP contribution in [0.5, 0.6) is 11.5 Å². The summed E-state index contributed by atoms with van der Waals surface area (Å²) in [4.78, 5) is 11.7. The molecule has 4 rings (SSSR count). The van der Waals surface area contributed by atoms with Gasteiger partial charge in [0.1, 0.15) is 5.60 Å². The van der Waals surface area contributed by atoms with E-state index in [-0.39, 0.29) is 36.4 Å². The van der Waals surface area contributed by atoms with E-state index in [9.17, 15) is 4.79 Å². The van der Waals surface area contributed by atoms with Crippen LogP contribution in [0.2, 0.25) is 0 Å². The summed E-state index contributed by atoms with van der Waals surface area (Å²) in [5.41, 5.74) is 7.54. The molecule has 2 atom stereocenters. The highest BCUT2D eigenvalue weighted by Crippen LogP contribution is 2.52. The Hall–Kier alpha value is -1.50. The highest BCUT2D eigenvalue weighted by molar-refractivity contribution is 5.85. The first-order chi connectivity index (χ1) is 13.7. The lowest BCUT2D eigenvalue weighted by molar-refractivity contribution is -0.146. The third kappa shape index (κ3) is 4.02. The second-order valence-corrected chi connectivity index (χ2v) is 9.88. The zero-order valence-electron chi connectivity index (χ0n) is 18.5. The van der Waals surface area contributed by atoms with Gasteiger partial charge in [-0.25, -0.2) is 0 Å². The van der Waals surface area contributed by atoms with Gasteiger partial charge in [0.2, 0.25) is 5.91 Å². The van der Waals surface area contributed by atoms with Crippen molar-refractivity contribution >= 4 is 18.3 Å². The number of carbonyl (C=O) groups excluding carboxylic acids is 1. The third-order valence-corrected chi connectivity index (χ3v) is 6.59. The predicted octanol–water partition coefficient (Wildman–Crippen LogP) is 3.82. The molecule has 1 spiro atoms. The molecule has 1 aromatic carbocycles. The van der Waals surface area contributed by atoms with E-state index < -0.39 is 11.4 Å². The van der Waals surface area contributed by atoms with E-state index in [1.807, 2.05) is 12.1 Å². The van der Waals surface area contributed by atoms with Crippen molar-refractivity contribution < 1.29 is 19.0 Å². The summed E-state index contributed by atoms with van der Waals surface area (Å²) in [7, 11) is 0. The summed E-state index contributed by atoms with van der Waals surface area (Å²) in [6, 6.07) is 4.03. The normalized spacial score (nSPS) is 26.6. The topological polar surface area (TPSA) is 82.8 Å². The zero-order chi connectivity index (χ0) is 20.9. The van der Waals surface area contributed by atoms with Crippen LogP contribution in [0.1, 0.15) is 70.9 Å². The SMILES string of the molecule is CC(=O)NCC1(CN)OC(C(C)(C)C)Cc2c1ccc1c2OC2(CCCCC2)O1.Cl. The first kappa shape index (κ1) is 23.2. The van der Waals surface area contributed by atoms with Crippen molar-refractivity contribution in [3.8, 4) is 11.5 Å². The van der Waals surface area contributed by atoms with Gasteiger partial charge in [-0.3, -0.25) is 4.79 Å². The molecule has 0 bridgehead atoms. The van der Waals surface area contributed by atoms with Crippen molar-refractivity contribution in [3.05, 3.63) is 23.3 Å².